The number of hydrogen-bond donors (Lipinski definition) is 0. The van der Waals surface area contributed by atoms with E-state index in [4.69, 9.17) is 18.9 Å². The quantitative estimate of drug-likeness (QED) is 0.0327. The van der Waals surface area contributed by atoms with Crippen LogP contribution in [-0.2, 0) is 0 Å². The Bertz CT molecular complexity index is 1670. The Labute approximate surface area is 436 Å². The van der Waals surface area contributed by atoms with E-state index in [2.05, 4.69) is 125 Å². The van der Waals surface area contributed by atoms with Crippen LogP contribution in [0, 0.1) is 0 Å². The molecule has 0 aliphatic heterocycles. The summed E-state index contributed by atoms with van der Waals surface area (Å²) in [5, 5.41) is 0. The first kappa shape index (κ1) is 59.6. The fraction of sp³-hybridized carbons (Fsp3) is 0.636. The Morgan fingerprint density at radius 3 is 0.634 bits per heavy atom. The molecule has 0 amide bonds. The van der Waals surface area contributed by atoms with Crippen LogP contribution in [0.1, 0.15) is 219 Å². The number of hydrogen-bond acceptors (Lipinski definition) is 4. The Morgan fingerprint density at radius 1 is 0.239 bits per heavy atom. The molecule has 0 unspecified atom stereocenters. The van der Waals surface area contributed by atoms with Crippen molar-refractivity contribution >= 4 is 0 Å². The third kappa shape index (κ3) is 29.4. The summed E-state index contributed by atoms with van der Waals surface area (Å²) in [7, 11) is 4.88. The molecule has 0 heterocycles. The van der Waals surface area contributed by atoms with Crippen LogP contribution in [0.25, 0.3) is 22.3 Å². The predicted octanol–water partition coefficient (Wildman–Crippen LogP) is 19.8. The zero-order valence-electron chi connectivity index (χ0n) is 46.2. The average molecular weight is 976 g/mol. The van der Waals surface area contributed by atoms with Gasteiger partial charge in [-0.1, -0.05) is 216 Å². The minimum atomic E-state index is 0.803. The van der Waals surface area contributed by atoms with Gasteiger partial charge < -0.3 is 23.4 Å². The van der Waals surface area contributed by atoms with E-state index in [1.807, 2.05) is 0 Å². The molecule has 0 bridgehead atoms. The van der Waals surface area contributed by atoms with Gasteiger partial charge in [0.15, 0.2) is 0 Å². The summed E-state index contributed by atoms with van der Waals surface area (Å²) in [4.78, 5) is 0. The fourth-order valence-electron chi connectivity index (χ4n) is 9.72. The molecule has 4 rings (SSSR count). The molecule has 4 aromatic rings. The molecule has 5 nitrogen and oxygen atoms in total. The minimum Gasteiger partial charge on any atom is -0.494 e. The lowest BCUT2D eigenvalue weighted by Gasteiger charge is -2.30. The van der Waals surface area contributed by atoms with Crippen LogP contribution in [0.2, 0.25) is 0 Å². The number of nitrogens with zero attached hydrogens (tertiary/aromatic N) is 1. The summed E-state index contributed by atoms with van der Waals surface area (Å²) in [5.41, 5.74) is 4.86. The van der Waals surface area contributed by atoms with Crippen molar-refractivity contribution < 1.29 is 23.4 Å². The first-order chi connectivity index (χ1) is 35.0. The number of rotatable bonds is 46. The zero-order valence-corrected chi connectivity index (χ0v) is 46.2. The normalized spacial score (nSPS) is 11.5. The van der Waals surface area contributed by atoms with Gasteiger partial charge in [-0.2, -0.15) is 0 Å². The highest BCUT2D eigenvalue weighted by atomic mass is 16.5. The van der Waals surface area contributed by atoms with Gasteiger partial charge in [0.2, 0.25) is 0 Å². The van der Waals surface area contributed by atoms with Gasteiger partial charge in [-0.25, -0.2) is 0 Å². The van der Waals surface area contributed by atoms with Gasteiger partial charge in [0, 0.05) is 0 Å². The third-order valence-corrected chi connectivity index (χ3v) is 14.5. The van der Waals surface area contributed by atoms with Crippen molar-refractivity contribution in [3.63, 3.8) is 0 Å². The van der Waals surface area contributed by atoms with Crippen LogP contribution in [-0.4, -0.2) is 58.1 Å². The molecule has 0 saturated carbocycles. The topological polar surface area (TPSA) is 36.9 Å². The molecule has 5 heteroatoms. The van der Waals surface area contributed by atoms with Crippen molar-refractivity contribution in [3.05, 3.63) is 97.1 Å². The van der Waals surface area contributed by atoms with Crippen LogP contribution >= 0.6 is 0 Å². The minimum absolute atomic E-state index is 0.803. The van der Waals surface area contributed by atoms with Crippen molar-refractivity contribution in [2.75, 3.05) is 53.6 Å². The maximum Gasteiger partial charge on any atom is 0.119 e. The Kier molecular flexibility index (Phi) is 33.2. The molecular formula is C66H104NO4+. The molecule has 0 aliphatic rings. The number of quaternary nitrogens is 1. The molecular weight excluding hydrogens is 871 g/mol. The number of ether oxygens (including phenoxy) is 4. The average Bonchev–Trinajstić information content (AvgIpc) is 3.39. The van der Waals surface area contributed by atoms with Gasteiger partial charge >= 0.3 is 0 Å². The van der Waals surface area contributed by atoms with Crippen LogP contribution in [0.4, 0.5) is 0 Å². The second kappa shape index (κ2) is 39.6. The van der Waals surface area contributed by atoms with Gasteiger partial charge in [0.25, 0.3) is 0 Å². The van der Waals surface area contributed by atoms with Crippen LogP contribution in [0.15, 0.2) is 97.1 Å². The van der Waals surface area contributed by atoms with Crippen molar-refractivity contribution in [1.29, 1.82) is 0 Å². The van der Waals surface area contributed by atoms with Crippen LogP contribution in [0.3, 0.4) is 0 Å². The summed E-state index contributed by atoms with van der Waals surface area (Å²) in [5.74, 6) is 3.87. The largest absolute Gasteiger partial charge is 0.494 e. The van der Waals surface area contributed by atoms with E-state index < -0.39 is 0 Å². The van der Waals surface area contributed by atoms with Crippen molar-refractivity contribution in [1.82, 2.24) is 0 Å². The number of unbranched alkanes of at least 4 members (excludes halogenated alkanes) is 28. The van der Waals surface area contributed by atoms with E-state index in [1.54, 1.807) is 0 Å². The van der Waals surface area contributed by atoms with Gasteiger partial charge in [-0.15, -0.1) is 0 Å². The fourth-order valence-corrected chi connectivity index (χ4v) is 9.72. The second-order valence-corrected chi connectivity index (χ2v) is 21.5. The predicted molar refractivity (Wildman–Crippen MR) is 307 cm³/mol. The Morgan fingerprint density at radius 2 is 0.423 bits per heavy atom. The summed E-state index contributed by atoms with van der Waals surface area (Å²) in [6, 6.07) is 34.2. The maximum absolute atomic E-state index is 6.08. The molecule has 0 spiro atoms. The van der Waals surface area contributed by atoms with Crippen LogP contribution in [0.5, 0.6) is 23.0 Å². The third-order valence-electron chi connectivity index (χ3n) is 14.5. The summed E-state index contributed by atoms with van der Waals surface area (Å²) in [6.45, 7) is 10.4. The lowest BCUT2D eigenvalue weighted by Crippen LogP contribution is -2.41. The van der Waals surface area contributed by atoms with Gasteiger partial charge in [-0.05, 0) is 122 Å². The highest BCUT2D eigenvalue weighted by Gasteiger charge is 2.14. The SMILES string of the molecule is CCCCCCCCCCOc1ccc(-c2ccc(OCCCCCCCCCC[N+](C)(C)CCCCCCCCCCOc3ccc(-c4ccc(OCCCCCCCCCC)cc4)cc3)cc2)cc1. The first-order valence-corrected chi connectivity index (χ1v) is 29.7. The monoisotopic (exact) mass is 975 g/mol. The molecule has 0 aromatic heterocycles. The van der Waals surface area contributed by atoms with Crippen molar-refractivity contribution in [2.24, 2.45) is 0 Å². The highest BCUT2D eigenvalue weighted by Crippen LogP contribution is 2.27. The van der Waals surface area contributed by atoms with E-state index >= 15 is 0 Å². The van der Waals surface area contributed by atoms with E-state index in [-0.39, 0.29) is 0 Å². The summed E-state index contributed by atoms with van der Waals surface area (Å²) < 4.78 is 25.4. The second-order valence-electron chi connectivity index (χ2n) is 21.5. The first-order valence-electron chi connectivity index (χ1n) is 29.7. The highest BCUT2D eigenvalue weighted by molar-refractivity contribution is 5.65. The maximum atomic E-state index is 6.08. The summed E-state index contributed by atoms with van der Waals surface area (Å²) in [6.07, 6.45) is 42.3. The molecule has 0 saturated heterocycles. The molecule has 4 aromatic carbocycles. The van der Waals surface area contributed by atoms with E-state index in [0.717, 1.165) is 75.1 Å². The molecule has 0 N–H and O–H groups in total. The van der Waals surface area contributed by atoms with Crippen molar-refractivity contribution in [2.45, 2.75) is 219 Å². The van der Waals surface area contributed by atoms with E-state index in [1.165, 1.54) is 220 Å². The van der Waals surface area contributed by atoms with Gasteiger partial charge in [0.1, 0.15) is 23.0 Å². The van der Waals surface area contributed by atoms with Gasteiger partial charge in [-0.3, -0.25) is 0 Å². The molecule has 0 fully saturated rings. The van der Waals surface area contributed by atoms with Crippen molar-refractivity contribution in [3.8, 4) is 45.3 Å². The van der Waals surface area contributed by atoms with E-state index in [9.17, 15) is 0 Å². The molecule has 0 aliphatic carbocycles. The lowest BCUT2D eigenvalue weighted by molar-refractivity contribution is -0.890. The van der Waals surface area contributed by atoms with E-state index in [0.29, 0.717) is 0 Å². The molecule has 0 atom stereocenters. The van der Waals surface area contributed by atoms with Crippen LogP contribution < -0.4 is 18.9 Å². The standard InChI is InChI=1S/C66H104NO4/c1-5-7-9-11-13-21-27-33-55-68-63-45-37-59(38-46-63)61-41-49-65(50-42-61)70-57-35-29-23-17-15-19-25-31-53-67(3,4)54-32-26-20-16-18-24-30-36-58-71-66-51-43-62(44-52-66)60-39-47-64(48-40-60)69-56-34-28-22-14-12-10-8-6-2/h37-52H,5-36,53-58H2,1-4H3/q+1. The smallest absolute Gasteiger partial charge is 0.119 e. The summed E-state index contributed by atoms with van der Waals surface area (Å²) >= 11 is 0. The zero-order chi connectivity index (χ0) is 50.1. The Balaban J connectivity index is 0.880. The molecule has 71 heavy (non-hydrogen) atoms. The molecule has 0 radical (unpaired) electrons. The Hall–Kier alpha value is -3.96. The lowest BCUT2D eigenvalue weighted by atomic mass is 10.1. The molecule has 396 valence electrons. The van der Waals surface area contributed by atoms with Gasteiger partial charge in [0.05, 0.1) is 53.6 Å². The number of benzene rings is 4.